The van der Waals surface area contributed by atoms with E-state index in [1.165, 1.54) is 7.11 Å². The Bertz CT molecular complexity index is 1290. The van der Waals surface area contributed by atoms with E-state index < -0.39 is 11.9 Å². The third-order valence-corrected chi connectivity index (χ3v) is 4.92. The topological polar surface area (TPSA) is 83.3 Å². The smallest absolute Gasteiger partial charge is 0.345 e. The summed E-state index contributed by atoms with van der Waals surface area (Å²) >= 11 is 0. The molecule has 0 amide bonds. The molecule has 0 aliphatic rings. The summed E-state index contributed by atoms with van der Waals surface area (Å²) in [6.45, 7) is 5.77. The maximum absolute atomic E-state index is 13.0. The summed E-state index contributed by atoms with van der Waals surface area (Å²) in [5.74, 6) is -1.03. The first kappa shape index (κ1) is 19.6. The molecule has 0 saturated heterocycles. The molecule has 30 heavy (non-hydrogen) atoms. The van der Waals surface area contributed by atoms with Gasteiger partial charge in [0.2, 0.25) is 0 Å². The first-order valence-corrected chi connectivity index (χ1v) is 9.57. The van der Waals surface area contributed by atoms with Crippen LogP contribution in [0.3, 0.4) is 0 Å². The monoisotopic (exact) mass is 403 g/mol. The predicted octanol–water partition coefficient (Wildman–Crippen LogP) is 4.48. The summed E-state index contributed by atoms with van der Waals surface area (Å²) in [4.78, 5) is 29.8. The van der Waals surface area contributed by atoms with Gasteiger partial charge in [0.15, 0.2) is 5.65 Å². The quantitative estimate of drug-likeness (QED) is 0.369. The van der Waals surface area contributed by atoms with Crippen molar-refractivity contribution in [1.29, 1.82) is 0 Å². The van der Waals surface area contributed by atoms with Crippen LogP contribution in [0.4, 0.5) is 0 Å². The number of carbonyl (C=O) groups is 2. The van der Waals surface area contributed by atoms with E-state index in [1.807, 2.05) is 38.1 Å². The molecule has 0 radical (unpaired) electrons. The van der Waals surface area contributed by atoms with Crippen molar-refractivity contribution in [2.75, 3.05) is 7.11 Å². The number of methoxy groups -OCH3 is 1. The van der Waals surface area contributed by atoms with Crippen molar-refractivity contribution in [3.8, 4) is 5.75 Å². The van der Waals surface area contributed by atoms with Gasteiger partial charge in [-0.2, -0.15) is 5.10 Å². The number of carbonyl (C=O) groups excluding carboxylic acids is 2. The number of aromatic nitrogens is 3. The highest BCUT2D eigenvalue weighted by Gasteiger charge is 2.21. The van der Waals surface area contributed by atoms with Gasteiger partial charge in [0.05, 0.1) is 24.6 Å². The van der Waals surface area contributed by atoms with Crippen molar-refractivity contribution in [2.24, 2.45) is 0 Å². The molecule has 0 N–H and O–H groups in total. The number of rotatable bonds is 4. The van der Waals surface area contributed by atoms with Crippen LogP contribution in [0.5, 0.6) is 5.75 Å². The molecule has 4 aromatic rings. The van der Waals surface area contributed by atoms with Crippen LogP contribution in [-0.4, -0.2) is 33.8 Å². The van der Waals surface area contributed by atoms with E-state index in [1.54, 1.807) is 36.0 Å². The van der Waals surface area contributed by atoms with Gasteiger partial charge in [-0.3, -0.25) is 0 Å². The second-order valence-corrected chi connectivity index (χ2v) is 7.29. The third kappa shape index (κ3) is 3.39. The molecular weight excluding hydrogens is 382 g/mol. The van der Waals surface area contributed by atoms with Gasteiger partial charge in [0.1, 0.15) is 11.3 Å². The lowest BCUT2D eigenvalue weighted by Gasteiger charge is -2.12. The van der Waals surface area contributed by atoms with Crippen LogP contribution in [0, 0.1) is 6.92 Å². The molecule has 7 nitrogen and oxygen atoms in total. The van der Waals surface area contributed by atoms with Crippen LogP contribution < -0.4 is 4.74 Å². The fraction of sp³-hybridized carbons (Fsp3) is 0.217. The van der Waals surface area contributed by atoms with Gasteiger partial charge in [-0.15, -0.1) is 0 Å². The SMILES string of the molecule is COC(=O)c1cc2ccccc2cc1OC(=O)c1cc2cnn(C(C)C)c2nc1C. The van der Waals surface area contributed by atoms with Crippen LogP contribution in [0.1, 0.15) is 46.3 Å². The van der Waals surface area contributed by atoms with Gasteiger partial charge in [-0.25, -0.2) is 19.3 Å². The van der Waals surface area contributed by atoms with E-state index in [2.05, 4.69) is 10.1 Å². The molecule has 4 rings (SSSR count). The normalized spacial score (nSPS) is 11.2. The number of pyridine rings is 1. The Morgan fingerprint density at radius 2 is 1.63 bits per heavy atom. The van der Waals surface area contributed by atoms with Gasteiger partial charge < -0.3 is 9.47 Å². The number of fused-ring (bicyclic) bond motifs is 2. The van der Waals surface area contributed by atoms with Gasteiger partial charge >= 0.3 is 11.9 Å². The zero-order valence-electron chi connectivity index (χ0n) is 17.2. The Morgan fingerprint density at radius 3 is 2.30 bits per heavy atom. The number of esters is 2. The average Bonchev–Trinajstić information content (AvgIpc) is 3.15. The molecule has 2 aromatic heterocycles. The molecular formula is C23H21N3O4. The molecule has 0 aliphatic carbocycles. The van der Waals surface area contributed by atoms with E-state index in [-0.39, 0.29) is 17.4 Å². The van der Waals surface area contributed by atoms with Crippen molar-refractivity contribution in [2.45, 2.75) is 26.8 Å². The molecule has 0 atom stereocenters. The minimum absolute atomic E-state index is 0.142. The summed E-state index contributed by atoms with van der Waals surface area (Å²) in [6.07, 6.45) is 1.68. The van der Waals surface area contributed by atoms with Crippen LogP contribution in [-0.2, 0) is 4.74 Å². The maximum atomic E-state index is 13.0. The molecule has 0 bridgehead atoms. The lowest BCUT2D eigenvalue weighted by atomic mass is 10.1. The molecule has 0 fully saturated rings. The second kappa shape index (κ2) is 7.59. The Balaban J connectivity index is 1.76. The standard InChI is InChI=1S/C23H21N3O4/c1-13(2)26-21-17(12-24-26)10-18(14(3)25-21)23(28)30-20-11-16-8-6-5-7-15(16)9-19(20)22(27)29-4/h5-13H,1-4H3. The highest BCUT2D eigenvalue weighted by Crippen LogP contribution is 2.28. The molecule has 0 saturated carbocycles. The Labute approximate surface area is 173 Å². The number of hydrogen-bond acceptors (Lipinski definition) is 6. The fourth-order valence-corrected chi connectivity index (χ4v) is 3.38. The Morgan fingerprint density at radius 1 is 0.967 bits per heavy atom. The lowest BCUT2D eigenvalue weighted by molar-refractivity contribution is 0.0593. The summed E-state index contributed by atoms with van der Waals surface area (Å²) in [7, 11) is 1.29. The van der Waals surface area contributed by atoms with Crippen LogP contribution in [0.25, 0.3) is 21.8 Å². The number of hydrogen-bond donors (Lipinski definition) is 0. The van der Waals surface area contributed by atoms with Crippen molar-refractivity contribution >= 4 is 33.7 Å². The van der Waals surface area contributed by atoms with Gasteiger partial charge in [0, 0.05) is 11.4 Å². The van der Waals surface area contributed by atoms with E-state index in [4.69, 9.17) is 9.47 Å². The van der Waals surface area contributed by atoms with Crippen molar-refractivity contribution < 1.29 is 19.1 Å². The fourth-order valence-electron chi connectivity index (χ4n) is 3.38. The lowest BCUT2D eigenvalue weighted by Crippen LogP contribution is -2.14. The maximum Gasteiger partial charge on any atom is 0.345 e. The summed E-state index contributed by atoms with van der Waals surface area (Å²) < 4.78 is 12.3. The summed E-state index contributed by atoms with van der Waals surface area (Å²) in [6, 6.07) is 12.7. The van der Waals surface area contributed by atoms with E-state index >= 15 is 0 Å². The van der Waals surface area contributed by atoms with Crippen LogP contribution in [0.15, 0.2) is 48.7 Å². The minimum atomic E-state index is -0.598. The van der Waals surface area contributed by atoms with E-state index in [0.717, 1.165) is 16.2 Å². The van der Waals surface area contributed by atoms with E-state index in [9.17, 15) is 9.59 Å². The highest BCUT2D eigenvalue weighted by molar-refractivity contribution is 6.01. The van der Waals surface area contributed by atoms with Crippen molar-refractivity contribution in [1.82, 2.24) is 14.8 Å². The van der Waals surface area contributed by atoms with Gasteiger partial charge in [0.25, 0.3) is 0 Å². The molecule has 0 unspecified atom stereocenters. The first-order valence-electron chi connectivity index (χ1n) is 9.57. The van der Waals surface area contributed by atoms with E-state index in [0.29, 0.717) is 16.9 Å². The highest BCUT2D eigenvalue weighted by atomic mass is 16.5. The number of ether oxygens (including phenoxy) is 2. The molecule has 152 valence electrons. The predicted molar refractivity (Wildman–Crippen MR) is 113 cm³/mol. The van der Waals surface area contributed by atoms with Gasteiger partial charge in [-0.05, 0) is 49.7 Å². The first-order chi connectivity index (χ1) is 14.4. The molecule has 2 heterocycles. The Hall–Kier alpha value is -3.74. The number of nitrogens with zero attached hydrogens (tertiary/aromatic N) is 3. The number of benzene rings is 2. The second-order valence-electron chi connectivity index (χ2n) is 7.29. The van der Waals surface area contributed by atoms with Gasteiger partial charge in [-0.1, -0.05) is 24.3 Å². The number of aryl methyl sites for hydroxylation is 1. The Kier molecular flexibility index (Phi) is 4.95. The summed E-state index contributed by atoms with van der Waals surface area (Å²) in [5, 5.41) is 6.78. The van der Waals surface area contributed by atoms with Crippen molar-refractivity contribution in [3.63, 3.8) is 0 Å². The third-order valence-electron chi connectivity index (χ3n) is 4.92. The largest absolute Gasteiger partial charge is 0.465 e. The molecule has 0 spiro atoms. The zero-order chi connectivity index (χ0) is 21.4. The van der Waals surface area contributed by atoms with Crippen molar-refractivity contribution in [3.05, 3.63) is 65.5 Å². The summed E-state index contributed by atoms with van der Waals surface area (Å²) in [5.41, 5.74) is 1.73. The molecule has 2 aromatic carbocycles. The van der Waals surface area contributed by atoms with Crippen LogP contribution in [0.2, 0.25) is 0 Å². The minimum Gasteiger partial charge on any atom is -0.465 e. The van der Waals surface area contributed by atoms with Crippen LogP contribution >= 0.6 is 0 Å². The average molecular weight is 403 g/mol. The molecule has 7 heteroatoms. The molecule has 0 aliphatic heterocycles. The zero-order valence-corrected chi connectivity index (χ0v) is 17.2.